The molecule has 2 nitrogen and oxygen atoms in total. The molecule has 0 fully saturated rings. The van der Waals surface area contributed by atoms with Crippen LogP contribution in [0.1, 0.15) is 207 Å². The molecule has 39 heavy (non-hydrogen) atoms. The first-order valence-corrected chi connectivity index (χ1v) is 18.0. The van der Waals surface area contributed by atoms with E-state index in [4.69, 9.17) is 4.74 Å². The molecular weight excluding hydrogens is 476 g/mol. The zero-order valence-electron chi connectivity index (χ0n) is 27.3. The van der Waals surface area contributed by atoms with Gasteiger partial charge in [0.2, 0.25) is 0 Å². The summed E-state index contributed by atoms with van der Waals surface area (Å²) in [5.41, 5.74) is 0. The Morgan fingerprint density at radius 3 is 1.36 bits per heavy atom. The van der Waals surface area contributed by atoms with E-state index in [-0.39, 0.29) is 5.97 Å². The largest absolute Gasteiger partial charge is 0.466 e. The van der Waals surface area contributed by atoms with E-state index in [1.165, 1.54) is 161 Å². The van der Waals surface area contributed by atoms with Crippen molar-refractivity contribution in [2.75, 3.05) is 6.61 Å². The summed E-state index contributed by atoms with van der Waals surface area (Å²) in [5.74, 6) is 0.895. The van der Waals surface area contributed by atoms with Crippen LogP contribution in [0.4, 0.5) is 0 Å². The number of rotatable bonds is 32. The normalized spacial score (nSPS) is 11.7. The lowest BCUT2D eigenvalue weighted by molar-refractivity contribution is -0.143. The van der Waals surface area contributed by atoms with Crippen LogP contribution in [0.15, 0.2) is 12.2 Å². The van der Waals surface area contributed by atoms with E-state index in [0.29, 0.717) is 13.0 Å². The highest BCUT2D eigenvalue weighted by Gasteiger charge is 2.02. The number of allylic oxidation sites excluding steroid dienone is 2. The number of carbonyl (C=O) groups is 1. The minimum Gasteiger partial charge on any atom is -0.466 e. The molecule has 0 spiro atoms. The van der Waals surface area contributed by atoms with Gasteiger partial charge in [0.15, 0.2) is 0 Å². The van der Waals surface area contributed by atoms with Crippen LogP contribution < -0.4 is 0 Å². The average molecular weight is 549 g/mol. The van der Waals surface area contributed by atoms with Crippen LogP contribution in [0, 0.1) is 5.92 Å². The molecule has 0 radical (unpaired) electrons. The van der Waals surface area contributed by atoms with E-state index in [2.05, 4.69) is 32.9 Å². The molecule has 0 rings (SSSR count). The van der Waals surface area contributed by atoms with Crippen molar-refractivity contribution in [1.82, 2.24) is 0 Å². The maximum atomic E-state index is 11.9. The van der Waals surface area contributed by atoms with Gasteiger partial charge in [0.1, 0.15) is 0 Å². The van der Waals surface area contributed by atoms with Crippen LogP contribution in [0.2, 0.25) is 0 Å². The summed E-state index contributed by atoms with van der Waals surface area (Å²) in [5, 5.41) is 0. The third-order valence-electron chi connectivity index (χ3n) is 8.08. The third kappa shape index (κ3) is 35.2. The van der Waals surface area contributed by atoms with E-state index in [9.17, 15) is 4.79 Å². The fourth-order valence-corrected chi connectivity index (χ4v) is 5.37. The zero-order valence-corrected chi connectivity index (χ0v) is 27.3. The summed E-state index contributed by atoms with van der Waals surface area (Å²) in [6.07, 6.45) is 42.7. The molecule has 0 heterocycles. The van der Waals surface area contributed by atoms with Crippen LogP contribution in [0.3, 0.4) is 0 Å². The molecule has 0 N–H and O–H groups in total. The number of hydrogen-bond donors (Lipinski definition) is 0. The molecule has 0 aromatic heterocycles. The molecule has 0 aliphatic rings. The standard InChI is InChI=1S/C37H72O2/c1-4-5-6-7-8-9-10-15-19-22-25-28-31-34-37(38)39-35-32-29-26-23-20-17-14-12-11-13-16-18-21-24-27-30-33-36(2)3/h9-10,36H,4-8,11-35H2,1-3H3/b10-9-. The Kier molecular flexibility index (Phi) is 32.7. The lowest BCUT2D eigenvalue weighted by Crippen LogP contribution is -2.05. The van der Waals surface area contributed by atoms with Crippen LogP contribution in [0.25, 0.3) is 0 Å². The van der Waals surface area contributed by atoms with Gasteiger partial charge in [0, 0.05) is 6.42 Å². The van der Waals surface area contributed by atoms with E-state index >= 15 is 0 Å². The summed E-state index contributed by atoms with van der Waals surface area (Å²) < 4.78 is 5.43. The number of ether oxygens (including phenoxy) is 1. The lowest BCUT2D eigenvalue weighted by atomic mass is 10.0. The summed E-state index contributed by atoms with van der Waals surface area (Å²) in [4.78, 5) is 11.9. The monoisotopic (exact) mass is 549 g/mol. The second kappa shape index (κ2) is 33.4. The molecule has 0 aromatic carbocycles. The Hall–Kier alpha value is -0.790. The van der Waals surface area contributed by atoms with Gasteiger partial charge in [-0.05, 0) is 44.4 Å². The molecule has 0 aromatic rings. The average Bonchev–Trinajstić information content (AvgIpc) is 2.92. The number of hydrogen-bond acceptors (Lipinski definition) is 2. The topological polar surface area (TPSA) is 26.3 Å². The van der Waals surface area contributed by atoms with Crippen LogP contribution in [-0.2, 0) is 9.53 Å². The summed E-state index contributed by atoms with van der Waals surface area (Å²) in [6.45, 7) is 7.56. The molecule has 0 bridgehead atoms. The van der Waals surface area contributed by atoms with Crippen molar-refractivity contribution in [3.63, 3.8) is 0 Å². The molecule has 0 aliphatic heterocycles. The Labute approximate surface area is 246 Å². The SMILES string of the molecule is CCCCCC/C=C\CCCCCCCC(=O)OCCCCCCCCCCCCCCCCCCC(C)C. The molecular formula is C37H72O2. The second-order valence-electron chi connectivity index (χ2n) is 12.7. The Bertz CT molecular complexity index is 496. The van der Waals surface area contributed by atoms with E-state index in [0.717, 1.165) is 25.2 Å². The van der Waals surface area contributed by atoms with Crippen molar-refractivity contribution in [2.45, 2.75) is 207 Å². The van der Waals surface area contributed by atoms with E-state index in [1.807, 2.05) is 0 Å². The minimum absolute atomic E-state index is 0.0163. The van der Waals surface area contributed by atoms with E-state index in [1.54, 1.807) is 0 Å². The van der Waals surface area contributed by atoms with Crippen molar-refractivity contribution >= 4 is 5.97 Å². The van der Waals surface area contributed by atoms with Gasteiger partial charge in [0.05, 0.1) is 6.61 Å². The first-order chi connectivity index (χ1) is 19.2. The Balaban J connectivity index is 3.18. The fraction of sp³-hybridized carbons (Fsp3) is 0.919. The Morgan fingerprint density at radius 1 is 0.513 bits per heavy atom. The quantitative estimate of drug-likeness (QED) is 0.0474. The maximum absolute atomic E-state index is 11.9. The predicted octanol–water partition coefficient (Wildman–Crippen LogP) is 13.1. The highest BCUT2D eigenvalue weighted by atomic mass is 16.5. The van der Waals surface area contributed by atoms with Crippen LogP contribution >= 0.6 is 0 Å². The van der Waals surface area contributed by atoms with Crippen molar-refractivity contribution in [1.29, 1.82) is 0 Å². The summed E-state index contributed by atoms with van der Waals surface area (Å²) in [7, 11) is 0. The van der Waals surface area contributed by atoms with Gasteiger partial charge in [-0.15, -0.1) is 0 Å². The first kappa shape index (κ1) is 38.2. The maximum Gasteiger partial charge on any atom is 0.305 e. The minimum atomic E-state index is 0.0163. The molecule has 0 aliphatic carbocycles. The second-order valence-corrected chi connectivity index (χ2v) is 12.7. The molecule has 0 atom stereocenters. The molecule has 0 saturated heterocycles. The van der Waals surface area contributed by atoms with Crippen molar-refractivity contribution in [3.8, 4) is 0 Å². The van der Waals surface area contributed by atoms with Gasteiger partial charge < -0.3 is 4.74 Å². The van der Waals surface area contributed by atoms with Gasteiger partial charge >= 0.3 is 5.97 Å². The fourth-order valence-electron chi connectivity index (χ4n) is 5.37. The Morgan fingerprint density at radius 2 is 0.897 bits per heavy atom. The highest BCUT2D eigenvalue weighted by Crippen LogP contribution is 2.15. The van der Waals surface area contributed by atoms with Crippen LogP contribution in [-0.4, -0.2) is 12.6 Å². The van der Waals surface area contributed by atoms with E-state index < -0.39 is 0 Å². The molecule has 0 unspecified atom stereocenters. The van der Waals surface area contributed by atoms with Gasteiger partial charge in [-0.1, -0.05) is 174 Å². The first-order valence-electron chi connectivity index (χ1n) is 18.0. The van der Waals surface area contributed by atoms with Gasteiger partial charge in [-0.25, -0.2) is 0 Å². The molecule has 0 amide bonds. The number of unbranched alkanes of at least 4 members (excludes halogenated alkanes) is 24. The van der Waals surface area contributed by atoms with Crippen molar-refractivity contribution < 1.29 is 9.53 Å². The van der Waals surface area contributed by atoms with Gasteiger partial charge in [-0.2, -0.15) is 0 Å². The number of esters is 1. The molecule has 232 valence electrons. The van der Waals surface area contributed by atoms with Gasteiger partial charge in [-0.3, -0.25) is 4.79 Å². The smallest absolute Gasteiger partial charge is 0.305 e. The van der Waals surface area contributed by atoms with Gasteiger partial charge in [0.25, 0.3) is 0 Å². The molecule has 2 heteroatoms. The zero-order chi connectivity index (χ0) is 28.5. The lowest BCUT2D eigenvalue weighted by Gasteiger charge is -2.06. The van der Waals surface area contributed by atoms with Crippen molar-refractivity contribution in [2.24, 2.45) is 5.92 Å². The van der Waals surface area contributed by atoms with Crippen molar-refractivity contribution in [3.05, 3.63) is 12.2 Å². The summed E-state index contributed by atoms with van der Waals surface area (Å²) >= 11 is 0. The van der Waals surface area contributed by atoms with Crippen LogP contribution in [0.5, 0.6) is 0 Å². The molecule has 0 saturated carbocycles. The third-order valence-corrected chi connectivity index (χ3v) is 8.08. The summed E-state index contributed by atoms with van der Waals surface area (Å²) in [6, 6.07) is 0. The highest BCUT2D eigenvalue weighted by molar-refractivity contribution is 5.69. The number of carbonyl (C=O) groups excluding carboxylic acids is 1. The predicted molar refractivity (Wildman–Crippen MR) is 175 cm³/mol.